The molecule has 1 aromatic heterocycles. The number of thiazole rings is 1. The van der Waals surface area contributed by atoms with Gasteiger partial charge in [0.1, 0.15) is 28.3 Å². The van der Waals surface area contributed by atoms with Crippen molar-refractivity contribution in [3.05, 3.63) is 88.7 Å². The predicted octanol–water partition coefficient (Wildman–Crippen LogP) is 5.82. The molecule has 1 N–H and O–H groups in total. The van der Waals surface area contributed by atoms with Gasteiger partial charge in [-0.2, -0.15) is 0 Å². The van der Waals surface area contributed by atoms with E-state index < -0.39 is 6.04 Å². The molecule has 0 saturated heterocycles. The molecule has 1 unspecified atom stereocenters. The molecule has 0 fully saturated rings. The molecule has 1 heterocycles. The first-order valence-corrected chi connectivity index (χ1v) is 13.8. The minimum Gasteiger partial charge on any atom is -0.497 e. The Bertz CT molecular complexity index is 1420. The Morgan fingerprint density at radius 3 is 2.27 bits per heavy atom. The molecular formula is C31H33N3O5S. The highest BCUT2D eigenvalue weighted by Crippen LogP contribution is 2.30. The summed E-state index contributed by atoms with van der Waals surface area (Å²) in [6, 6.07) is 21.6. The van der Waals surface area contributed by atoms with Crippen LogP contribution < -0.4 is 19.5 Å². The van der Waals surface area contributed by atoms with E-state index in [9.17, 15) is 9.59 Å². The van der Waals surface area contributed by atoms with Gasteiger partial charge in [-0.15, -0.1) is 11.3 Å². The van der Waals surface area contributed by atoms with Crippen LogP contribution in [0.3, 0.4) is 0 Å². The van der Waals surface area contributed by atoms with Crippen molar-refractivity contribution in [1.82, 2.24) is 9.88 Å². The zero-order valence-corrected chi connectivity index (χ0v) is 23.9. The second kappa shape index (κ2) is 13.6. The van der Waals surface area contributed by atoms with Gasteiger partial charge in [-0.1, -0.05) is 37.3 Å². The van der Waals surface area contributed by atoms with Crippen LogP contribution in [-0.2, 0) is 22.6 Å². The highest BCUT2D eigenvalue weighted by Gasteiger charge is 2.30. The van der Waals surface area contributed by atoms with Crippen molar-refractivity contribution >= 4 is 28.8 Å². The number of methoxy groups -OCH3 is 3. The number of hydrogen-bond donors (Lipinski definition) is 1. The van der Waals surface area contributed by atoms with Gasteiger partial charge in [-0.3, -0.25) is 9.59 Å². The molecule has 208 valence electrons. The molecule has 2 amide bonds. The molecule has 4 aromatic rings. The van der Waals surface area contributed by atoms with Gasteiger partial charge in [0.2, 0.25) is 11.8 Å². The molecule has 40 heavy (non-hydrogen) atoms. The molecule has 9 heteroatoms. The molecule has 0 saturated carbocycles. The van der Waals surface area contributed by atoms with E-state index in [1.807, 2.05) is 66.9 Å². The number of anilines is 1. The van der Waals surface area contributed by atoms with Crippen LogP contribution in [0.2, 0.25) is 0 Å². The molecule has 8 nitrogen and oxygen atoms in total. The van der Waals surface area contributed by atoms with Gasteiger partial charge in [0.15, 0.2) is 0 Å². The molecule has 0 bridgehead atoms. The summed E-state index contributed by atoms with van der Waals surface area (Å²) in [5.41, 5.74) is 3.13. The number of benzene rings is 3. The van der Waals surface area contributed by atoms with Crippen LogP contribution in [0, 0.1) is 0 Å². The lowest BCUT2D eigenvalue weighted by Gasteiger charge is -2.30. The average molecular weight is 560 g/mol. The van der Waals surface area contributed by atoms with Crippen LogP contribution in [0.5, 0.6) is 17.2 Å². The van der Waals surface area contributed by atoms with E-state index in [-0.39, 0.29) is 24.8 Å². The van der Waals surface area contributed by atoms with Gasteiger partial charge in [-0.05, 0) is 48.4 Å². The zero-order chi connectivity index (χ0) is 28.5. The van der Waals surface area contributed by atoms with Crippen molar-refractivity contribution in [2.75, 3.05) is 26.6 Å². The standard InChI is InChI=1S/C31H33N3O5S/c1-5-27(31(36)33-25-16-15-24(38-3)18-28(25)39-4)34(30(35)17-21-9-7-6-8-10-21)19-29-32-26(20-40-29)22-11-13-23(37-2)14-12-22/h6-16,18,20,27H,5,17,19H2,1-4H3,(H,33,36). The summed E-state index contributed by atoms with van der Waals surface area (Å²) in [7, 11) is 4.72. The number of nitrogens with zero attached hydrogens (tertiary/aromatic N) is 2. The summed E-state index contributed by atoms with van der Waals surface area (Å²) >= 11 is 1.46. The third-order valence-corrected chi connectivity index (χ3v) is 7.33. The summed E-state index contributed by atoms with van der Waals surface area (Å²) in [4.78, 5) is 33.7. The Labute approximate surface area is 238 Å². The lowest BCUT2D eigenvalue weighted by atomic mass is 10.1. The fourth-order valence-electron chi connectivity index (χ4n) is 4.33. The quantitative estimate of drug-likeness (QED) is 0.235. The highest BCUT2D eigenvalue weighted by atomic mass is 32.1. The van der Waals surface area contributed by atoms with E-state index in [1.165, 1.54) is 18.4 Å². The van der Waals surface area contributed by atoms with Gasteiger partial charge in [0.05, 0.1) is 45.7 Å². The summed E-state index contributed by atoms with van der Waals surface area (Å²) in [5, 5.41) is 5.64. The predicted molar refractivity (Wildman–Crippen MR) is 157 cm³/mol. The third kappa shape index (κ3) is 6.98. The van der Waals surface area contributed by atoms with Crippen molar-refractivity contribution in [1.29, 1.82) is 0 Å². The van der Waals surface area contributed by atoms with E-state index in [1.54, 1.807) is 37.3 Å². The topological polar surface area (TPSA) is 90.0 Å². The first kappa shape index (κ1) is 28.6. The van der Waals surface area contributed by atoms with E-state index in [0.717, 1.165) is 27.6 Å². The second-order valence-electron chi connectivity index (χ2n) is 9.02. The van der Waals surface area contributed by atoms with Crippen molar-refractivity contribution in [2.45, 2.75) is 32.4 Å². The van der Waals surface area contributed by atoms with Gasteiger partial charge in [0, 0.05) is 17.0 Å². The zero-order valence-electron chi connectivity index (χ0n) is 23.0. The average Bonchev–Trinajstić information content (AvgIpc) is 3.46. The smallest absolute Gasteiger partial charge is 0.247 e. The normalized spacial score (nSPS) is 11.4. The largest absolute Gasteiger partial charge is 0.497 e. The van der Waals surface area contributed by atoms with Crippen molar-refractivity contribution in [3.63, 3.8) is 0 Å². The van der Waals surface area contributed by atoms with Gasteiger partial charge >= 0.3 is 0 Å². The number of ether oxygens (including phenoxy) is 3. The molecule has 0 aliphatic carbocycles. The first-order chi connectivity index (χ1) is 19.4. The number of amides is 2. The molecule has 1 atom stereocenters. The number of carbonyl (C=O) groups is 2. The second-order valence-corrected chi connectivity index (χ2v) is 9.96. The van der Waals surface area contributed by atoms with Crippen LogP contribution >= 0.6 is 11.3 Å². The fraction of sp³-hybridized carbons (Fsp3) is 0.258. The Kier molecular flexibility index (Phi) is 9.75. The Hall–Kier alpha value is -4.37. The van der Waals surface area contributed by atoms with Gasteiger partial charge < -0.3 is 24.4 Å². The number of rotatable bonds is 12. The Morgan fingerprint density at radius 2 is 1.62 bits per heavy atom. The maximum atomic E-state index is 13.7. The summed E-state index contributed by atoms with van der Waals surface area (Å²) in [6.07, 6.45) is 0.592. The molecule has 0 aliphatic rings. The summed E-state index contributed by atoms with van der Waals surface area (Å²) in [5.74, 6) is 1.38. The molecular weight excluding hydrogens is 526 g/mol. The van der Waals surface area contributed by atoms with Crippen LogP contribution in [0.4, 0.5) is 5.69 Å². The minimum atomic E-state index is -0.726. The van der Waals surface area contributed by atoms with E-state index in [4.69, 9.17) is 19.2 Å². The number of carbonyl (C=O) groups excluding carboxylic acids is 2. The van der Waals surface area contributed by atoms with Crippen LogP contribution in [0.25, 0.3) is 11.3 Å². The molecule has 0 spiro atoms. The van der Waals surface area contributed by atoms with E-state index in [0.29, 0.717) is 23.6 Å². The van der Waals surface area contributed by atoms with Crippen molar-refractivity contribution in [2.24, 2.45) is 0 Å². The first-order valence-electron chi connectivity index (χ1n) is 12.9. The molecule has 3 aromatic carbocycles. The van der Waals surface area contributed by atoms with Crippen molar-refractivity contribution in [3.8, 4) is 28.5 Å². The SMILES string of the molecule is CCC(C(=O)Nc1ccc(OC)cc1OC)N(Cc1nc(-c2ccc(OC)cc2)cs1)C(=O)Cc1ccccc1. The maximum Gasteiger partial charge on any atom is 0.247 e. The Balaban J connectivity index is 1.60. The van der Waals surface area contributed by atoms with E-state index >= 15 is 0 Å². The van der Waals surface area contributed by atoms with Crippen LogP contribution in [0.15, 0.2) is 78.2 Å². The maximum absolute atomic E-state index is 13.7. The molecule has 0 radical (unpaired) electrons. The van der Waals surface area contributed by atoms with Crippen molar-refractivity contribution < 1.29 is 23.8 Å². The number of hydrogen-bond acceptors (Lipinski definition) is 7. The highest BCUT2D eigenvalue weighted by molar-refractivity contribution is 7.09. The fourth-order valence-corrected chi connectivity index (χ4v) is 5.13. The van der Waals surface area contributed by atoms with Gasteiger partial charge in [-0.25, -0.2) is 4.98 Å². The number of aromatic nitrogens is 1. The number of nitrogens with one attached hydrogen (secondary N) is 1. The summed E-state index contributed by atoms with van der Waals surface area (Å²) < 4.78 is 16.0. The monoisotopic (exact) mass is 559 g/mol. The molecule has 0 aliphatic heterocycles. The van der Waals surface area contributed by atoms with Crippen LogP contribution in [0.1, 0.15) is 23.9 Å². The van der Waals surface area contributed by atoms with E-state index in [2.05, 4.69) is 5.32 Å². The third-order valence-electron chi connectivity index (χ3n) is 6.49. The van der Waals surface area contributed by atoms with Crippen LogP contribution in [-0.4, -0.2) is 49.1 Å². The van der Waals surface area contributed by atoms with Gasteiger partial charge in [0.25, 0.3) is 0 Å². The lowest BCUT2D eigenvalue weighted by molar-refractivity contribution is -0.139. The minimum absolute atomic E-state index is 0.156. The Morgan fingerprint density at radius 1 is 0.925 bits per heavy atom. The lowest BCUT2D eigenvalue weighted by Crippen LogP contribution is -2.47. The summed E-state index contributed by atoms with van der Waals surface area (Å²) in [6.45, 7) is 2.10. The molecule has 4 rings (SSSR count).